The smallest absolute Gasteiger partial charge is 0.306 e. The second-order valence-electron chi connectivity index (χ2n) is 11.1. The van der Waals surface area contributed by atoms with E-state index in [0.717, 1.165) is 61.9 Å². The number of hydrogen-bond acceptors (Lipinski definition) is 3. The molecule has 1 atom stereocenters. The Balaban J connectivity index is 1.39. The number of aliphatic carboxylic acids is 1. The first-order valence-electron chi connectivity index (χ1n) is 13.6. The van der Waals surface area contributed by atoms with Crippen molar-refractivity contribution in [1.29, 1.82) is 0 Å². The average molecular weight is 486 g/mol. The number of hydrogen-bond donors (Lipinski definition) is 1. The predicted octanol–water partition coefficient (Wildman–Crippen LogP) is 5.49. The summed E-state index contributed by atoms with van der Waals surface area (Å²) in [5.41, 5.74) is 6.00. The van der Waals surface area contributed by atoms with Gasteiger partial charge < -0.3 is 14.6 Å². The molecule has 36 heavy (non-hydrogen) atoms. The summed E-state index contributed by atoms with van der Waals surface area (Å²) in [6, 6.07) is 15.3. The number of carboxylic acid groups (broad SMARTS) is 1. The van der Waals surface area contributed by atoms with Crippen molar-refractivity contribution in [3.8, 4) is 0 Å². The van der Waals surface area contributed by atoms with E-state index in [2.05, 4.69) is 47.9 Å². The molecule has 3 aliphatic rings. The minimum atomic E-state index is -0.672. The fourth-order valence-electron chi connectivity index (χ4n) is 6.39. The van der Waals surface area contributed by atoms with Crippen LogP contribution in [0.2, 0.25) is 0 Å². The molecule has 0 saturated heterocycles. The number of aromatic nitrogens is 2. The summed E-state index contributed by atoms with van der Waals surface area (Å²) in [6.45, 7) is 3.71. The Bertz CT molecular complexity index is 1290. The van der Waals surface area contributed by atoms with E-state index < -0.39 is 5.97 Å². The van der Waals surface area contributed by atoms with Gasteiger partial charge in [-0.1, -0.05) is 36.4 Å². The van der Waals surface area contributed by atoms with E-state index >= 15 is 0 Å². The maximum atomic E-state index is 12.9. The molecule has 2 heterocycles. The van der Waals surface area contributed by atoms with E-state index in [4.69, 9.17) is 4.98 Å². The van der Waals surface area contributed by atoms with E-state index in [1.54, 1.807) is 0 Å². The lowest BCUT2D eigenvalue weighted by Gasteiger charge is -2.29. The van der Waals surface area contributed by atoms with Crippen molar-refractivity contribution in [2.45, 2.75) is 76.8 Å². The molecule has 6 heteroatoms. The summed E-state index contributed by atoms with van der Waals surface area (Å²) < 4.78 is 2.43. The molecule has 2 aromatic carbocycles. The molecule has 0 unspecified atom stereocenters. The molecular weight excluding hydrogens is 450 g/mol. The van der Waals surface area contributed by atoms with Crippen LogP contribution in [-0.4, -0.2) is 38.0 Å². The lowest BCUT2D eigenvalue weighted by Crippen LogP contribution is -2.37. The molecule has 2 saturated carbocycles. The zero-order chi connectivity index (χ0) is 24.8. The van der Waals surface area contributed by atoms with Gasteiger partial charge in [0.2, 0.25) is 5.91 Å². The van der Waals surface area contributed by atoms with Crippen LogP contribution in [0.15, 0.2) is 42.5 Å². The van der Waals surface area contributed by atoms with Gasteiger partial charge >= 0.3 is 5.97 Å². The summed E-state index contributed by atoms with van der Waals surface area (Å²) in [7, 11) is 0. The van der Waals surface area contributed by atoms with Crippen LogP contribution in [0.1, 0.15) is 79.9 Å². The Labute approximate surface area is 212 Å². The van der Waals surface area contributed by atoms with Gasteiger partial charge in [0, 0.05) is 36.5 Å². The van der Waals surface area contributed by atoms with E-state index in [1.807, 2.05) is 11.0 Å². The lowest BCUT2D eigenvalue weighted by atomic mass is 9.81. The number of nitrogens with zero attached hydrogens (tertiary/aromatic N) is 3. The highest BCUT2D eigenvalue weighted by atomic mass is 16.4. The highest BCUT2D eigenvalue weighted by molar-refractivity contribution is 5.85. The van der Waals surface area contributed by atoms with Crippen molar-refractivity contribution in [2.24, 2.45) is 11.8 Å². The Kier molecular flexibility index (Phi) is 6.06. The van der Waals surface area contributed by atoms with E-state index in [9.17, 15) is 14.7 Å². The van der Waals surface area contributed by atoms with Crippen molar-refractivity contribution in [3.05, 3.63) is 65.0 Å². The second-order valence-corrected chi connectivity index (χ2v) is 11.1. The van der Waals surface area contributed by atoms with Crippen LogP contribution in [0.5, 0.6) is 0 Å². The van der Waals surface area contributed by atoms with Gasteiger partial charge in [0.25, 0.3) is 0 Å². The molecule has 2 fully saturated rings. The molecule has 1 N–H and O–H groups in total. The van der Waals surface area contributed by atoms with E-state index in [0.29, 0.717) is 25.3 Å². The number of carbonyl (C=O) groups is 2. The first kappa shape index (κ1) is 23.3. The monoisotopic (exact) mass is 485 g/mol. The highest BCUT2D eigenvalue weighted by Crippen LogP contribution is 2.40. The van der Waals surface area contributed by atoms with Crippen molar-refractivity contribution >= 4 is 22.9 Å². The summed E-state index contributed by atoms with van der Waals surface area (Å²) in [4.78, 5) is 31.8. The van der Waals surface area contributed by atoms with Gasteiger partial charge in [-0.15, -0.1) is 0 Å². The molecule has 0 spiro atoms. The Hall–Kier alpha value is -3.15. The molecule has 1 aliphatic heterocycles. The van der Waals surface area contributed by atoms with Crippen LogP contribution in [0.25, 0.3) is 11.0 Å². The van der Waals surface area contributed by atoms with Crippen LogP contribution in [0, 0.1) is 11.8 Å². The number of rotatable bonds is 6. The Morgan fingerprint density at radius 1 is 1.00 bits per heavy atom. The lowest BCUT2D eigenvalue weighted by molar-refractivity contribution is -0.142. The number of carbonyl (C=O) groups excluding carboxylic acids is 1. The summed E-state index contributed by atoms with van der Waals surface area (Å²) in [5, 5.41) is 9.51. The number of amides is 1. The SMILES string of the molecule is C[C@H](Cc1ccccc1)n1c(C2CCC(C(=O)O)CC2)nc2c3c(ccc21)CCN(C(=O)C1CC1)C3. The maximum absolute atomic E-state index is 12.9. The molecule has 1 aromatic heterocycles. The zero-order valence-electron chi connectivity index (χ0n) is 21.0. The summed E-state index contributed by atoms with van der Waals surface area (Å²) in [6.07, 6.45) is 6.97. The molecule has 6 nitrogen and oxygen atoms in total. The van der Waals surface area contributed by atoms with E-state index in [-0.39, 0.29) is 23.8 Å². The van der Waals surface area contributed by atoms with Gasteiger partial charge in [-0.2, -0.15) is 0 Å². The molecule has 3 aromatic rings. The van der Waals surface area contributed by atoms with Crippen molar-refractivity contribution < 1.29 is 14.7 Å². The third-order valence-electron chi connectivity index (χ3n) is 8.59. The molecular formula is C30H35N3O3. The first-order chi connectivity index (χ1) is 17.5. The third kappa shape index (κ3) is 4.31. The average Bonchev–Trinajstić information content (AvgIpc) is 3.67. The minimum absolute atomic E-state index is 0.218. The molecule has 2 aliphatic carbocycles. The number of fused-ring (bicyclic) bond motifs is 3. The number of imidazole rings is 1. The fourth-order valence-corrected chi connectivity index (χ4v) is 6.39. The minimum Gasteiger partial charge on any atom is -0.481 e. The predicted molar refractivity (Wildman–Crippen MR) is 139 cm³/mol. The van der Waals surface area contributed by atoms with Gasteiger partial charge in [0.15, 0.2) is 0 Å². The third-order valence-corrected chi connectivity index (χ3v) is 8.59. The Morgan fingerprint density at radius 2 is 1.72 bits per heavy atom. The number of benzene rings is 2. The van der Waals surface area contributed by atoms with Gasteiger partial charge in [0.05, 0.1) is 17.0 Å². The molecule has 0 bridgehead atoms. The van der Waals surface area contributed by atoms with Gasteiger partial charge in [-0.05, 0) is 75.5 Å². The summed E-state index contributed by atoms with van der Waals surface area (Å²) >= 11 is 0. The van der Waals surface area contributed by atoms with Gasteiger partial charge in [0.1, 0.15) is 5.82 Å². The highest BCUT2D eigenvalue weighted by Gasteiger charge is 2.36. The topological polar surface area (TPSA) is 75.4 Å². The van der Waals surface area contributed by atoms with Crippen LogP contribution < -0.4 is 0 Å². The maximum Gasteiger partial charge on any atom is 0.306 e. The molecule has 0 radical (unpaired) electrons. The van der Waals surface area contributed by atoms with Crippen LogP contribution >= 0.6 is 0 Å². The van der Waals surface area contributed by atoms with Crippen LogP contribution in [-0.2, 0) is 29.0 Å². The van der Waals surface area contributed by atoms with Gasteiger partial charge in [-0.3, -0.25) is 9.59 Å². The molecule has 188 valence electrons. The first-order valence-corrected chi connectivity index (χ1v) is 13.6. The van der Waals surface area contributed by atoms with Crippen LogP contribution in [0.4, 0.5) is 0 Å². The fraction of sp³-hybridized carbons (Fsp3) is 0.500. The van der Waals surface area contributed by atoms with E-state index in [1.165, 1.54) is 16.7 Å². The van der Waals surface area contributed by atoms with Crippen molar-refractivity contribution in [3.63, 3.8) is 0 Å². The largest absolute Gasteiger partial charge is 0.481 e. The standard InChI is InChI=1S/C30H35N3O3/c1-19(17-20-5-3-2-4-6-20)33-26-14-13-21-15-16-32(29(34)23-9-10-23)18-25(21)27(26)31-28(33)22-7-11-24(12-8-22)30(35)36/h2-6,13-14,19,22-24H,7-12,15-18H2,1H3,(H,35,36)/t19-,22?,24?/m1/s1. The summed E-state index contributed by atoms with van der Waals surface area (Å²) in [5.74, 6) is 0.978. The number of carboxylic acids is 1. The molecule has 1 amide bonds. The van der Waals surface area contributed by atoms with Crippen LogP contribution in [0.3, 0.4) is 0 Å². The second kappa shape index (κ2) is 9.38. The van der Waals surface area contributed by atoms with Gasteiger partial charge in [-0.25, -0.2) is 4.98 Å². The Morgan fingerprint density at radius 3 is 2.42 bits per heavy atom. The van der Waals surface area contributed by atoms with Crippen molar-refractivity contribution in [1.82, 2.24) is 14.5 Å². The zero-order valence-corrected chi connectivity index (χ0v) is 21.0. The normalized spacial score (nSPS) is 22.9. The molecule has 6 rings (SSSR count). The van der Waals surface area contributed by atoms with Crippen molar-refractivity contribution in [2.75, 3.05) is 6.54 Å². The quantitative estimate of drug-likeness (QED) is 0.501.